The summed E-state index contributed by atoms with van der Waals surface area (Å²) in [6.45, 7) is 3.08. The van der Waals surface area contributed by atoms with Crippen molar-refractivity contribution >= 4 is 11.8 Å². The SMILES string of the molecule is CCNC(CSc1ccccc1)c1ccn(C)n1. The van der Waals surface area contributed by atoms with Crippen molar-refractivity contribution in [3.05, 3.63) is 48.3 Å². The van der Waals surface area contributed by atoms with Crippen LogP contribution in [-0.2, 0) is 7.05 Å². The molecular weight excluding hydrogens is 242 g/mol. The van der Waals surface area contributed by atoms with E-state index in [4.69, 9.17) is 0 Å². The van der Waals surface area contributed by atoms with Crippen molar-refractivity contribution < 1.29 is 0 Å². The second-order valence-corrected chi connectivity index (χ2v) is 5.24. The number of thioether (sulfide) groups is 1. The summed E-state index contributed by atoms with van der Waals surface area (Å²) in [4.78, 5) is 1.30. The zero-order valence-electron chi connectivity index (χ0n) is 10.8. The molecule has 96 valence electrons. The second-order valence-electron chi connectivity index (χ2n) is 4.15. The molecule has 0 aliphatic rings. The summed E-state index contributed by atoms with van der Waals surface area (Å²) in [5, 5.41) is 7.97. The molecule has 0 saturated heterocycles. The van der Waals surface area contributed by atoms with Gasteiger partial charge in [-0.25, -0.2) is 0 Å². The lowest BCUT2D eigenvalue weighted by atomic mass is 10.2. The first kappa shape index (κ1) is 13.2. The highest BCUT2D eigenvalue weighted by Crippen LogP contribution is 2.23. The first-order valence-corrected chi connectivity index (χ1v) is 7.19. The van der Waals surface area contributed by atoms with Gasteiger partial charge in [0, 0.05) is 23.9 Å². The third-order valence-corrected chi connectivity index (χ3v) is 3.81. The lowest BCUT2D eigenvalue weighted by Crippen LogP contribution is -2.23. The van der Waals surface area contributed by atoms with E-state index in [0.717, 1.165) is 18.0 Å². The highest BCUT2D eigenvalue weighted by atomic mass is 32.2. The van der Waals surface area contributed by atoms with Crippen molar-refractivity contribution in [2.24, 2.45) is 7.05 Å². The molecule has 2 rings (SSSR count). The molecule has 1 atom stereocenters. The number of hydrogen-bond acceptors (Lipinski definition) is 3. The number of nitrogens with one attached hydrogen (secondary N) is 1. The van der Waals surface area contributed by atoms with E-state index in [-0.39, 0.29) is 0 Å². The number of benzene rings is 1. The predicted octanol–water partition coefficient (Wildman–Crippen LogP) is 2.86. The predicted molar refractivity (Wildman–Crippen MR) is 76.8 cm³/mol. The van der Waals surface area contributed by atoms with E-state index in [1.165, 1.54) is 4.90 Å². The molecule has 18 heavy (non-hydrogen) atoms. The molecule has 1 unspecified atom stereocenters. The number of aromatic nitrogens is 2. The van der Waals surface area contributed by atoms with Crippen molar-refractivity contribution in [3.63, 3.8) is 0 Å². The monoisotopic (exact) mass is 261 g/mol. The van der Waals surface area contributed by atoms with Crippen LogP contribution >= 0.6 is 11.8 Å². The van der Waals surface area contributed by atoms with E-state index in [1.807, 2.05) is 35.8 Å². The zero-order valence-corrected chi connectivity index (χ0v) is 11.7. The molecule has 4 heteroatoms. The van der Waals surface area contributed by atoms with E-state index in [2.05, 4.69) is 47.7 Å². The van der Waals surface area contributed by atoms with Crippen LogP contribution in [0.2, 0.25) is 0 Å². The zero-order chi connectivity index (χ0) is 12.8. The van der Waals surface area contributed by atoms with Crippen LogP contribution in [0.15, 0.2) is 47.5 Å². The summed E-state index contributed by atoms with van der Waals surface area (Å²) in [6.07, 6.45) is 1.99. The van der Waals surface area contributed by atoms with Crippen LogP contribution in [0.1, 0.15) is 18.7 Å². The first-order chi connectivity index (χ1) is 8.79. The van der Waals surface area contributed by atoms with Gasteiger partial charge in [-0.2, -0.15) is 5.10 Å². The third kappa shape index (κ3) is 3.62. The van der Waals surface area contributed by atoms with Crippen LogP contribution < -0.4 is 5.32 Å². The molecule has 1 aromatic carbocycles. The van der Waals surface area contributed by atoms with Gasteiger partial charge in [-0.1, -0.05) is 25.1 Å². The molecule has 1 aromatic heterocycles. The minimum atomic E-state index is 0.307. The summed E-state index contributed by atoms with van der Waals surface area (Å²) >= 11 is 1.86. The fraction of sp³-hybridized carbons (Fsp3) is 0.357. The summed E-state index contributed by atoms with van der Waals surface area (Å²) in [6, 6.07) is 12.9. The van der Waals surface area contributed by atoms with Crippen LogP contribution in [0.5, 0.6) is 0 Å². The first-order valence-electron chi connectivity index (χ1n) is 6.20. The lowest BCUT2D eigenvalue weighted by Gasteiger charge is -2.15. The van der Waals surface area contributed by atoms with Crippen molar-refractivity contribution in [1.82, 2.24) is 15.1 Å². The summed E-state index contributed by atoms with van der Waals surface area (Å²) in [5.41, 5.74) is 1.11. The Kier molecular flexibility index (Phi) is 4.84. The van der Waals surface area contributed by atoms with Gasteiger partial charge >= 0.3 is 0 Å². The van der Waals surface area contributed by atoms with Crippen LogP contribution in [-0.4, -0.2) is 22.1 Å². The van der Waals surface area contributed by atoms with Crippen molar-refractivity contribution in [1.29, 1.82) is 0 Å². The molecule has 0 aliphatic carbocycles. The van der Waals surface area contributed by atoms with Crippen LogP contribution in [0.25, 0.3) is 0 Å². The lowest BCUT2D eigenvalue weighted by molar-refractivity contribution is 0.578. The third-order valence-electron chi connectivity index (χ3n) is 2.70. The number of aryl methyl sites for hydroxylation is 1. The average molecular weight is 261 g/mol. The topological polar surface area (TPSA) is 29.9 Å². The van der Waals surface area contributed by atoms with E-state index in [0.29, 0.717) is 6.04 Å². The van der Waals surface area contributed by atoms with E-state index in [1.54, 1.807) is 0 Å². The molecule has 0 aliphatic heterocycles. The minimum Gasteiger partial charge on any atom is -0.308 e. The van der Waals surface area contributed by atoms with Gasteiger partial charge in [0.05, 0.1) is 11.7 Å². The van der Waals surface area contributed by atoms with Gasteiger partial charge in [0.1, 0.15) is 0 Å². The summed E-state index contributed by atoms with van der Waals surface area (Å²) in [5.74, 6) is 0.995. The Morgan fingerprint density at radius 2 is 2.06 bits per heavy atom. The van der Waals surface area contributed by atoms with Gasteiger partial charge in [0.15, 0.2) is 0 Å². The Hall–Kier alpha value is -1.26. The van der Waals surface area contributed by atoms with E-state index < -0.39 is 0 Å². The van der Waals surface area contributed by atoms with E-state index >= 15 is 0 Å². The Morgan fingerprint density at radius 3 is 2.67 bits per heavy atom. The molecule has 1 N–H and O–H groups in total. The fourth-order valence-corrected chi connectivity index (χ4v) is 2.81. The van der Waals surface area contributed by atoms with Gasteiger partial charge in [0.25, 0.3) is 0 Å². The smallest absolute Gasteiger partial charge is 0.0802 e. The molecular formula is C14H19N3S. The van der Waals surface area contributed by atoms with Crippen molar-refractivity contribution in [3.8, 4) is 0 Å². The Morgan fingerprint density at radius 1 is 1.28 bits per heavy atom. The van der Waals surface area contributed by atoms with Crippen LogP contribution in [0, 0.1) is 0 Å². The highest BCUT2D eigenvalue weighted by molar-refractivity contribution is 7.99. The maximum atomic E-state index is 4.48. The largest absolute Gasteiger partial charge is 0.308 e. The Labute approximate surface area is 113 Å². The molecule has 0 fully saturated rings. The highest BCUT2D eigenvalue weighted by Gasteiger charge is 2.13. The number of rotatable bonds is 6. The van der Waals surface area contributed by atoms with Gasteiger partial charge in [-0.05, 0) is 24.7 Å². The van der Waals surface area contributed by atoms with Crippen LogP contribution in [0.3, 0.4) is 0 Å². The van der Waals surface area contributed by atoms with Gasteiger partial charge < -0.3 is 5.32 Å². The minimum absolute atomic E-state index is 0.307. The molecule has 0 amide bonds. The molecule has 1 heterocycles. The van der Waals surface area contributed by atoms with Crippen molar-refractivity contribution in [2.75, 3.05) is 12.3 Å². The van der Waals surface area contributed by atoms with Gasteiger partial charge in [0.2, 0.25) is 0 Å². The molecule has 0 saturated carbocycles. The van der Waals surface area contributed by atoms with Gasteiger partial charge in [-0.15, -0.1) is 11.8 Å². The summed E-state index contributed by atoms with van der Waals surface area (Å²) in [7, 11) is 1.96. The molecule has 2 aromatic rings. The summed E-state index contributed by atoms with van der Waals surface area (Å²) < 4.78 is 1.85. The fourth-order valence-electron chi connectivity index (χ4n) is 1.81. The second kappa shape index (κ2) is 6.61. The van der Waals surface area contributed by atoms with Crippen molar-refractivity contribution in [2.45, 2.75) is 17.9 Å². The Balaban J connectivity index is 1.98. The average Bonchev–Trinajstić information content (AvgIpc) is 2.82. The maximum Gasteiger partial charge on any atom is 0.0802 e. The van der Waals surface area contributed by atoms with Gasteiger partial charge in [-0.3, -0.25) is 4.68 Å². The molecule has 3 nitrogen and oxygen atoms in total. The molecule has 0 bridgehead atoms. The number of hydrogen-bond donors (Lipinski definition) is 1. The Bertz CT molecular complexity index is 467. The van der Waals surface area contributed by atoms with Crippen LogP contribution in [0.4, 0.5) is 0 Å². The molecule has 0 spiro atoms. The number of nitrogens with zero attached hydrogens (tertiary/aromatic N) is 2. The maximum absolute atomic E-state index is 4.48. The normalized spacial score (nSPS) is 12.6. The standard InChI is InChI=1S/C14H19N3S/c1-3-15-14(13-9-10-17(2)16-13)11-18-12-7-5-4-6-8-12/h4-10,14-15H,3,11H2,1-2H3. The quantitative estimate of drug-likeness (QED) is 0.811. The van der Waals surface area contributed by atoms with E-state index in [9.17, 15) is 0 Å². The molecule has 0 radical (unpaired) electrons.